The molecule has 1 N–H and O–H groups in total. The molecule has 0 spiro atoms. The van der Waals surface area contributed by atoms with Gasteiger partial charge in [0.1, 0.15) is 13.3 Å². The number of hydrogen-bond acceptors (Lipinski definition) is 5. The summed E-state index contributed by atoms with van der Waals surface area (Å²) in [5.74, 6) is -0.368. The predicted octanol–water partition coefficient (Wildman–Crippen LogP) is -0.0474. The molecular weight excluding hydrogens is 264 g/mol. The SMILES string of the molecule is CC(=O)OCCOCn1c2c(c(=O)[nH]c1=O)CCCC2. The number of nitrogens with one attached hydrogen (secondary N) is 1. The number of ether oxygens (including phenoxy) is 2. The first-order chi connectivity index (χ1) is 9.59. The highest BCUT2D eigenvalue weighted by atomic mass is 16.6. The third-order valence-electron chi connectivity index (χ3n) is 3.26. The van der Waals surface area contributed by atoms with Gasteiger partial charge in [-0.2, -0.15) is 0 Å². The van der Waals surface area contributed by atoms with Gasteiger partial charge in [-0.25, -0.2) is 4.79 Å². The molecule has 2 rings (SSSR count). The van der Waals surface area contributed by atoms with Crippen molar-refractivity contribution in [1.29, 1.82) is 0 Å². The van der Waals surface area contributed by atoms with Crippen LogP contribution in [0, 0.1) is 0 Å². The summed E-state index contributed by atoms with van der Waals surface area (Å²) in [6, 6.07) is 0. The summed E-state index contributed by atoms with van der Waals surface area (Å²) in [5, 5.41) is 0. The topological polar surface area (TPSA) is 90.4 Å². The molecule has 0 fully saturated rings. The molecule has 110 valence electrons. The Hall–Kier alpha value is -1.89. The summed E-state index contributed by atoms with van der Waals surface area (Å²) in [5.41, 5.74) is 0.695. The number of carbonyl (C=O) groups is 1. The molecule has 7 nitrogen and oxygen atoms in total. The van der Waals surface area contributed by atoms with Gasteiger partial charge in [0.25, 0.3) is 5.56 Å². The molecule has 0 aromatic carbocycles. The standard InChI is InChI=1S/C13H18N2O5/c1-9(16)20-7-6-19-8-15-11-5-3-2-4-10(11)12(17)14-13(15)18/h2-8H2,1H3,(H,14,17,18). The summed E-state index contributed by atoms with van der Waals surface area (Å²) in [7, 11) is 0. The van der Waals surface area contributed by atoms with Crippen LogP contribution in [0.25, 0.3) is 0 Å². The molecule has 1 aromatic rings. The van der Waals surface area contributed by atoms with Crippen molar-refractivity contribution in [1.82, 2.24) is 9.55 Å². The summed E-state index contributed by atoms with van der Waals surface area (Å²) in [6.45, 7) is 1.73. The van der Waals surface area contributed by atoms with Gasteiger partial charge in [0.2, 0.25) is 0 Å². The minimum atomic E-state index is -0.455. The van der Waals surface area contributed by atoms with Gasteiger partial charge in [-0.05, 0) is 25.7 Å². The van der Waals surface area contributed by atoms with Crippen LogP contribution in [0.4, 0.5) is 0 Å². The fourth-order valence-electron chi connectivity index (χ4n) is 2.33. The van der Waals surface area contributed by atoms with Crippen LogP contribution in [0.1, 0.15) is 31.0 Å². The number of hydrogen-bond donors (Lipinski definition) is 1. The van der Waals surface area contributed by atoms with E-state index in [1.165, 1.54) is 11.5 Å². The highest BCUT2D eigenvalue weighted by Crippen LogP contribution is 2.16. The van der Waals surface area contributed by atoms with E-state index in [0.717, 1.165) is 18.5 Å². The minimum absolute atomic E-state index is 0.0548. The van der Waals surface area contributed by atoms with Crippen molar-refractivity contribution < 1.29 is 14.3 Å². The quantitative estimate of drug-likeness (QED) is 0.604. The third-order valence-corrected chi connectivity index (χ3v) is 3.26. The predicted molar refractivity (Wildman–Crippen MR) is 70.5 cm³/mol. The molecule has 1 heterocycles. The van der Waals surface area contributed by atoms with E-state index >= 15 is 0 Å². The van der Waals surface area contributed by atoms with E-state index in [9.17, 15) is 14.4 Å². The van der Waals surface area contributed by atoms with Crippen molar-refractivity contribution in [3.8, 4) is 0 Å². The Kier molecular flexibility index (Phi) is 4.73. The van der Waals surface area contributed by atoms with Crippen molar-refractivity contribution in [2.45, 2.75) is 39.3 Å². The summed E-state index contributed by atoms with van der Waals surface area (Å²) >= 11 is 0. The molecule has 0 unspecified atom stereocenters. The van der Waals surface area contributed by atoms with Gasteiger partial charge < -0.3 is 9.47 Å². The normalized spacial score (nSPS) is 13.8. The molecule has 0 amide bonds. The molecule has 7 heteroatoms. The first-order valence-electron chi connectivity index (χ1n) is 6.65. The van der Waals surface area contributed by atoms with Crippen LogP contribution in [-0.4, -0.2) is 28.7 Å². The van der Waals surface area contributed by atoms with E-state index < -0.39 is 5.69 Å². The highest BCUT2D eigenvalue weighted by molar-refractivity contribution is 5.65. The van der Waals surface area contributed by atoms with Crippen LogP contribution < -0.4 is 11.2 Å². The Morgan fingerprint density at radius 1 is 1.25 bits per heavy atom. The maximum Gasteiger partial charge on any atom is 0.330 e. The second-order valence-corrected chi connectivity index (χ2v) is 4.70. The van der Waals surface area contributed by atoms with Crippen molar-refractivity contribution in [2.24, 2.45) is 0 Å². The van der Waals surface area contributed by atoms with Gasteiger partial charge in [-0.15, -0.1) is 0 Å². The van der Waals surface area contributed by atoms with E-state index in [1.807, 2.05) is 0 Å². The summed E-state index contributed by atoms with van der Waals surface area (Å²) in [6.07, 6.45) is 3.32. The first-order valence-corrected chi connectivity index (χ1v) is 6.65. The van der Waals surface area contributed by atoms with Gasteiger partial charge in [-0.3, -0.25) is 19.1 Å². The number of aromatic nitrogens is 2. The largest absolute Gasteiger partial charge is 0.463 e. The second-order valence-electron chi connectivity index (χ2n) is 4.70. The Bertz CT molecular complexity index is 602. The molecule has 1 aliphatic carbocycles. The zero-order valence-electron chi connectivity index (χ0n) is 11.4. The van der Waals surface area contributed by atoms with Crippen LogP contribution in [0.2, 0.25) is 0 Å². The Balaban J connectivity index is 2.06. The lowest BCUT2D eigenvalue weighted by atomic mass is 9.97. The van der Waals surface area contributed by atoms with Crippen molar-refractivity contribution in [3.63, 3.8) is 0 Å². The van der Waals surface area contributed by atoms with Gasteiger partial charge in [0.05, 0.1) is 6.61 Å². The molecular formula is C13H18N2O5. The third kappa shape index (κ3) is 3.36. The lowest BCUT2D eigenvalue weighted by Gasteiger charge is -2.19. The van der Waals surface area contributed by atoms with Crippen LogP contribution in [0.15, 0.2) is 9.59 Å². The number of esters is 1. The molecule has 0 atom stereocenters. The van der Waals surface area contributed by atoms with Gasteiger partial charge in [-0.1, -0.05) is 0 Å². The van der Waals surface area contributed by atoms with E-state index in [0.29, 0.717) is 18.4 Å². The molecule has 0 bridgehead atoms. The minimum Gasteiger partial charge on any atom is -0.463 e. The fraction of sp³-hybridized carbons (Fsp3) is 0.615. The highest BCUT2D eigenvalue weighted by Gasteiger charge is 2.18. The average molecular weight is 282 g/mol. The molecule has 0 aliphatic heterocycles. The van der Waals surface area contributed by atoms with Crippen molar-refractivity contribution in [3.05, 3.63) is 32.1 Å². The van der Waals surface area contributed by atoms with Gasteiger partial charge in [0.15, 0.2) is 0 Å². The smallest absolute Gasteiger partial charge is 0.330 e. The number of aromatic amines is 1. The maximum absolute atomic E-state index is 11.8. The van der Waals surface area contributed by atoms with E-state index in [4.69, 9.17) is 9.47 Å². The van der Waals surface area contributed by atoms with E-state index in [-0.39, 0.29) is 31.5 Å². The number of fused-ring (bicyclic) bond motifs is 1. The van der Waals surface area contributed by atoms with E-state index in [1.54, 1.807) is 0 Å². The molecule has 1 aliphatic rings. The molecule has 0 radical (unpaired) electrons. The van der Waals surface area contributed by atoms with Crippen LogP contribution >= 0.6 is 0 Å². The average Bonchev–Trinajstić information content (AvgIpc) is 2.41. The number of nitrogens with zero attached hydrogens (tertiary/aromatic N) is 1. The van der Waals surface area contributed by atoms with Crippen LogP contribution in [0.3, 0.4) is 0 Å². The van der Waals surface area contributed by atoms with Crippen molar-refractivity contribution in [2.75, 3.05) is 13.2 Å². The van der Waals surface area contributed by atoms with Crippen LogP contribution in [0.5, 0.6) is 0 Å². The van der Waals surface area contributed by atoms with Crippen LogP contribution in [-0.2, 0) is 33.8 Å². The second kappa shape index (κ2) is 6.51. The Morgan fingerprint density at radius 3 is 2.75 bits per heavy atom. The van der Waals surface area contributed by atoms with Gasteiger partial charge >= 0.3 is 11.7 Å². The van der Waals surface area contributed by atoms with Crippen molar-refractivity contribution >= 4 is 5.97 Å². The zero-order valence-corrected chi connectivity index (χ0v) is 11.4. The molecule has 0 saturated carbocycles. The molecule has 1 aromatic heterocycles. The summed E-state index contributed by atoms with van der Waals surface area (Å²) < 4.78 is 11.5. The summed E-state index contributed by atoms with van der Waals surface area (Å²) in [4.78, 5) is 36.4. The van der Waals surface area contributed by atoms with Gasteiger partial charge in [0, 0.05) is 18.2 Å². The number of carbonyl (C=O) groups excluding carboxylic acids is 1. The molecule has 20 heavy (non-hydrogen) atoms. The molecule has 0 saturated heterocycles. The number of rotatable bonds is 5. The monoisotopic (exact) mass is 282 g/mol. The van der Waals surface area contributed by atoms with E-state index in [2.05, 4.69) is 4.98 Å². The Morgan fingerprint density at radius 2 is 2.00 bits per heavy atom. The lowest BCUT2D eigenvalue weighted by Crippen LogP contribution is -2.37. The lowest BCUT2D eigenvalue weighted by molar-refractivity contribution is -0.142. The number of H-pyrrole nitrogens is 1. The zero-order chi connectivity index (χ0) is 14.5. The fourth-order valence-corrected chi connectivity index (χ4v) is 2.33. The maximum atomic E-state index is 11.8. The first kappa shape index (κ1) is 14.5. The Labute approximate surface area is 115 Å².